The highest BCUT2D eigenvalue weighted by atomic mass is 16.5. The third-order valence-corrected chi connectivity index (χ3v) is 1.69. The van der Waals surface area contributed by atoms with Crippen molar-refractivity contribution in [2.75, 3.05) is 26.9 Å². The number of amides is 1. The lowest BCUT2D eigenvalue weighted by Gasteiger charge is -2.30. The van der Waals surface area contributed by atoms with Crippen molar-refractivity contribution in [3.05, 3.63) is 0 Å². The number of rotatable bonds is 1. The average molecular weight is 145 g/mol. The number of hydrogen-bond acceptors (Lipinski definition) is 3. The van der Waals surface area contributed by atoms with Gasteiger partial charge in [0, 0.05) is 7.05 Å². The van der Waals surface area contributed by atoms with Crippen LogP contribution in [-0.2, 0) is 9.53 Å². The van der Waals surface area contributed by atoms with Crippen LogP contribution in [0.4, 0.5) is 0 Å². The van der Waals surface area contributed by atoms with Gasteiger partial charge in [0.2, 0.25) is 5.91 Å². The van der Waals surface area contributed by atoms with E-state index in [1.165, 1.54) is 4.90 Å². The van der Waals surface area contributed by atoms with Gasteiger partial charge < -0.3 is 14.7 Å². The smallest absolute Gasteiger partial charge is 0.248 e. The Balaban J connectivity index is 2.51. The third kappa shape index (κ3) is 1.27. The first kappa shape index (κ1) is 7.50. The average Bonchev–Trinajstić information content (AvgIpc) is 1.95. The highest BCUT2D eigenvalue weighted by Gasteiger charge is 2.23. The van der Waals surface area contributed by atoms with Crippen molar-refractivity contribution in [2.24, 2.45) is 0 Å². The van der Waals surface area contributed by atoms with Crippen LogP contribution >= 0.6 is 0 Å². The second-order valence-corrected chi connectivity index (χ2v) is 2.36. The summed E-state index contributed by atoms with van der Waals surface area (Å²) in [6.45, 7) is 0.563. The van der Waals surface area contributed by atoms with Crippen LogP contribution in [0.1, 0.15) is 0 Å². The molecule has 1 aliphatic rings. The molecule has 4 nitrogen and oxygen atoms in total. The summed E-state index contributed by atoms with van der Waals surface area (Å²) in [5, 5.41) is 8.71. The Morgan fingerprint density at radius 1 is 1.90 bits per heavy atom. The van der Waals surface area contributed by atoms with Gasteiger partial charge in [0.15, 0.2) is 0 Å². The fourth-order valence-corrected chi connectivity index (χ4v) is 0.875. The van der Waals surface area contributed by atoms with Gasteiger partial charge in [-0.05, 0) is 0 Å². The standard InChI is InChI=1S/C6H11NO3/c1-7-5(2-8)3-10-4-6(7)9/h5,8H,2-4H2,1H3. The Morgan fingerprint density at radius 3 is 3.10 bits per heavy atom. The molecule has 1 fully saturated rings. The molecular weight excluding hydrogens is 134 g/mol. The highest BCUT2D eigenvalue weighted by Crippen LogP contribution is 2.03. The van der Waals surface area contributed by atoms with Gasteiger partial charge >= 0.3 is 0 Å². The number of hydrogen-bond donors (Lipinski definition) is 1. The maximum absolute atomic E-state index is 10.9. The van der Waals surface area contributed by atoms with Crippen LogP contribution in [0.15, 0.2) is 0 Å². The van der Waals surface area contributed by atoms with Crippen LogP contribution in [0.25, 0.3) is 0 Å². The number of nitrogens with zero attached hydrogens (tertiary/aromatic N) is 1. The van der Waals surface area contributed by atoms with Crippen molar-refractivity contribution < 1.29 is 14.6 Å². The van der Waals surface area contributed by atoms with Crippen molar-refractivity contribution >= 4 is 5.91 Å². The van der Waals surface area contributed by atoms with Crippen molar-refractivity contribution in [2.45, 2.75) is 6.04 Å². The third-order valence-electron chi connectivity index (χ3n) is 1.69. The van der Waals surface area contributed by atoms with Gasteiger partial charge in [-0.15, -0.1) is 0 Å². The van der Waals surface area contributed by atoms with E-state index in [0.717, 1.165) is 0 Å². The maximum Gasteiger partial charge on any atom is 0.248 e. The summed E-state index contributed by atoms with van der Waals surface area (Å²) < 4.78 is 4.90. The molecule has 0 radical (unpaired) electrons. The Labute approximate surface area is 59.4 Å². The molecule has 0 bridgehead atoms. The monoisotopic (exact) mass is 145 g/mol. The number of aliphatic hydroxyl groups is 1. The van der Waals surface area contributed by atoms with E-state index in [2.05, 4.69) is 0 Å². The molecule has 1 amide bonds. The number of carbonyl (C=O) groups is 1. The van der Waals surface area contributed by atoms with E-state index in [1.807, 2.05) is 0 Å². The van der Waals surface area contributed by atoms with Gasteiger partial charge in [-0.1, -0.05) is 0 Å². The molecule has 1 saturated heterocycles. The molecule has 1 unspecified atom stereocenters. The number of carbonyl (C=O) groups excluding carboxylic acids is 1. The Bertz CT molecular complexity index is 137. The van der Waals surface area contributed by atoms with E-state index in [-0.39, 0.29) is 25.2 Å². The Hall–Kier alpha value is -0.610. The van der Waals surface area contributed by atoms with E-state index >= 15 is 0 Å². The molecular formula is C6H11NO3. The van der Waals surface area contributed by atoms with E-state index in [9.17, 15) is 4.79 Å². The van der Waals surface area contributed by atoms with Gasteiger partial charge in [0.1, 0.15) is 6.61 Å². The molecule has 0 aromatic heterocycles. The van der Waals surface area contributed by atoms with E-state index in [0.29, 0.717) is 6.61 Å². The lowest BCUT2D eigenvalue weighted by Crippen LogP contribution is -2.48. The van der Waals surface area contributed by atoms with Crippen LogP contribution in [0.5, 0.6) is 0 Å². The summed E-state index contributed by atoms with van der Waals surface area (Å²) in [4.78, 5) is 12.4. The van der Waals surface area contributed by atoms with E-state index < -0.39 is 0 Å². The minimum absolute atomic E-state index is 0.0256. The molecule has 1 rings (SSSR count). The van der Waals surface area contributed by atoms with Crippen LogP contribution in [0.2, 0.25) is 0 Å². The zero-order chi connectivity index (χ0) is 7.56. The normalized spacial score (nSPS) is 27.2. The SMILES string of the molecule is CN1C(=O)COCC1CO. The van der Waals surface area contributed by atoms with Crippen LogP contribution in [0, 0.1) is 0 Å². The van der Waals surface area contributed by atoms with Crippen LogP contribution < -0.4 is 0 Å². The van der Waals surface area contributed by atoms with Gasteiger partial charge in [0.05, 0.1) is 19.3 Å². The molecule has 0 aromatic rings. The summed E-state index contributed by atoms with van der Waals surface area (Å²) >= 11 is 0. The quantitative estimate of drug-likeness (QED) is 0.506. The summed E-state index contributed by atoms with van der Waals surface area (Å²) in [5.74, 6) is -0.0645. The van der Waals surface area contributed by atoms with Gasteiger partial charge in [-0.2, -0.15) is 0 Å². The predicted octanol–water partition coefficient (Wildman–Crippen LogP) is -1.16. The predicted molar refractivity (Wildman–Crippen MR) is 34.5 cm³/mol. The molecule has 4 heteroatoms. The lowest BCUT2D eigenvalue weighted by molar-refractivity contribution is -0.147. The van der Waals surface area contributed by atoms with E-state index in [1.54, 1.807) is 7.05 Å². The highest BCUT2D eigenvalue weighted by molar-refractivity contribution is 5.78. The van der Waals surface area contributed by atoms with E-state index in [4.69, 9.17) is 9.84 Å². The fourth-order valence-electron chi connectivity index (χ4n) is 0.875. The summed E-state index contributed by atoms with van der Waals surface area (Å²) in [6.07, 6.45) is 0. The lowest BCUT2D eigenvalue weighted by atomic mass is 10.2. The maximum atomic E-state index is 10.9. The van der Waals surface area contributed by atoms with Gasteiger partial charge in [-0.3, -0.25) is 4.79 Å². The molecule has 1 aliphatic heterocycles. The molecule has 1 N–H and O–H groups in total. The zero-order valence-corrected chi connectivity index (χ0v) is 5.91. The molecule has 10 heavy (non-hydrogen) atoms. The minimum Gasteiger partial charge on any atom is -0.394 e. The summed E-state index contributed by atoms with van der Waals surface area (Å²) in [6, 6.07) is -0.152. The molecule has 0 saturated carbocycles. The van der Waals surface area contributed by atoms with Crippen molar-refractivity contribution in [3.8, 4) is 0 Å². The molecule has 58 valence electrons. The Morgan fingerprint density at radius 2 is 2.60 bits per heavy atom. The van der Waals surface area contributed by atoms with Gasteiger partial charge in [0.25, 0.3) is 0 Å². The number of aliphatic hydroxyl groups excluding tert-OH is 1. The molecule has 0 aromatic carbocycles. The summed E-state index contributed by atoms with van der Waals surface area (Å²) in [5.41, 5.74) is 0. The second-order valence-electron chi connectivity index (χ2n) is 2.36. The minimum atomic E-state index is -0.152. The summed E-state index contributed by atoms with van der Waals surface area (Å²) in [7, 11) is 1.67. The number of morpholine rings is 1. The number of ether oxygens (including phenoxy) is 1. The van der Waals surface area contributed by atoms with Crippen LogP contribution in [0.3, 0.4) is 0 Å². The van der Waals surface area contributed by atoms with Crippen LogP contribution in [-0.4, -0.2) is 48.8 Å². The first-order valence-corrected chi connectivity index (χ1v) is 3.20. The van der Waals surface area contributed by atoms with Crippen molar-refractivity contribution in [1.29, 1.82) is 0 Å². The largest absolute Gasteiger partial charge is 0.394 e. The molecule has 1 atom stereocenters. The fraction of sp³-hybridized carbons (Fsp3) is 0.833. The van der Waals surface area contributed by atoms with Crippen molar-refractivity contribution in [3.63, 3.8) is 0 Å². The molecule has 1 heterocycles. The molecule has 0 spiro atoms. The molecule has 0 aliphatic carbocycles. The first-order chi connectivity index (χ1) is 4.75. The first-order valence-electron chi connectivity index (χ1n) is 3.20. The van der Waals surface area contributed by atoms with Gasteiger partial charge in [-0.25, -0.2) is 0 Å². The topological polar surface area (TPSA) is 49.8 Å². The second kappa shape index (κ2) is 2.98. The number of likely N-dealkylation sites (N-methyl/N-ethyl adjacent to an activating group) is 1. The Kier molecular flexibility index (Phi) is 2.24. The van der Waals surface area contributed by atoms with Crippen molar-refractivity contribution in [1.82, 2.24) is 4.90 Å². The zero-order valence-electron chi connectivity index (χ0n) is 5.91.